The van der Waals surface area contributed by atoms with Gasteiger partial charge in [-0.2, -0.15) is 4.31 Å². The van der Waals surface area contributed by atoms with Crippen molar-refractivity contribution in [2.45, 2.75) is 11.4 Å². The number of benzene rings is 2. The summed E-state index contributed by atoms with van der Waals surface area (Å²) in [6, 6.07) is 8.52. The molecule has 0 aliphatic carbocycles. The van der Waals surface area contributed by atoms with Gasteiger partial charge < -0.3 is 24.1 Å². The lowest BCUT2D eigenvalue weighted by atomic mass is 10.1. The van der Waals surface area contributed by atoms with E-state index in [9.17, 15) is 23.4 Å². The molecule has 33 heavy (non-hydrogen) atoms. The third-order valence-electron chi connectivity index (χ3n) is 5.80. The molecule has 2 aliphatic heterocycles. The van der Waals surface area contributed by atoms with E-state index in [-0.39, 0.29) is 35.1 Å². The van der Waals surface area contributed by atoms with E-state index in [0.29, 0.717) is 55.3 Å². The summed E-state index contributed by atoms with van der Waals surface area (Å²) >= 11 is 0. The lowest BCUT2D eigenvalue weighted by molar-refractivity contribution is 0.170. The Morgan fingerprint density at radius 1 is 0.879 bits per heavy atom. The van der Waals surface area contributed by atoms with Crippen molar-refractivity contribution < 1.29 is 32.5 Å². The number of aromatic hydroxyl groups is 2. The number of ether oxygens (including phenoxy) is 2. The van der Waals surface area contributed by atoms with Crippen LogP contribution in [0.2, 0.25) is 0 Å². The Hall–Kier alpha value is -3.28. The molecule has 11 heteroatoms. The van der Waals surface area contributed by atoms with Crippen LogP contribution in [-0.2, 0) is 16.6 Å². The van der Waals surface area contributed by atoms with E-state index >= 15 is 0 Å². The number of piperazine rings is 1. The lowest BCUT2D eigenvalue weighted by Crippen LogP contribution is -2.48. The first-order chi connectivity index (χ1) is 15.8. The highest BCUT2D eigenvalue weighted by Crippen LogP contribution is 2.34. The second kappa shape index (κ2) is 8.25. The van der Waals surface area contributed by atoms with E-state index in [1.165, 1.54) is 34.6 Å². The molecule has 0 radical (unpaired) electrons. The van der Waals surface area contributed by atoms with Crippen molar-refractivity contribution in [2.75, 3.05) is 39.4 Å². The van der Waals surface area contributed by atoms with Crippen molar-refractivity contribution >= 4 is 21.0 Å². The number of rotatable bonds is 4. The summed E-state index contributed by atoms with van der Waals surface area (Å²) in [4.78, 5) is 14.1. The normalized spacial score (nSPS) is 17.3. The third-order valence-corrected chi connectivity index (χ3v) is 7.70. The number of hydrogen-bond donors (Lipinski definition) is 2. The summed E-state index contributed by atoms with van der Waals surface area (Å²) in [5.74, 6) is 0.266. The number of phenolic OH excluding ortho intramolecular Hbond substituents is 2. The Labute approximate surface area is 189 Å². The van der Waals surface area contributed by atoms with Crippen LogP contribution in [0.5, 0.6) is 23.0 Å². The molecule has 174 valence electrons. The predicted octanol–water partition coefficient (Wildman–Crippen LogP) is 1.48. The Morgan fingerprint density at radius 2 is 1.58 bits per heavy atom. The second-order valence-electron chi connectivity index (χ2n) is 7.91. The smallest absolute Gasteiger partial charge is 0.336 e. The van der Waals surface area contributed by atoms with Crippen LogP contribution in [0, 0.1) is 0 Å². The van der Waals surface area contributed by atoms with Crippen molar-refractivity contribution in [3.63, 3.8) is 0 Å². The van der Waals surface area contributed by atoms with E-state index in [1.54, 1.807) is 6.07 Å². The van der Waals surface area contributed by atoms with Crippen LogP contribution >= 0.6 is 0 Å². The average Bonchev–Trinajstić information content (AvgIpc) is 2.80. The van der Waals surface area contributed by atoms with Crippen LogP contribution in [0.15, 0.2) is 50.5 Å². The monoisotopic (exact) mass is 474 g/mol. The van der Waals surface area contributed by atoms with Gasteiger partial charge >= 0.3 is 5.63 Å². The molecule has 0 atom stereocenters. The van der Waals surface area contributed by atoms with Crippen LogP contribution in [-0.4, -0.2) is 67.2 Å². The number of sulfonamides is 1. The highest BCUT2D eigenvalue weighted by molar-refractivity contribution is 7.89. The SMILES string of the molecule is O=c1cc(CN2CCN(S(=O)(=O)c3ccc4c(c3)OCCO4)CC2)c2cc(O)c(O)cc2o1. The minimum absolute atomic E-state index is 0.155. The zero-order valence-electron chi connectivity index (χ0n) is 17.6. The molecule has 1 aromatic heterocycles. The van der Waals surface area contributed by atoms with Crippen molar-refractivity contribution in [2.24, 2.45) is 0 Å². The summed E-state index contributed by atoms with van der Waals surface area (Å²) in [6.45, 7) is 2.64. The topological polar surface area (TPSA) is 130 Å². The summed E-state index contributed by atoms with van der Waals surface area (Å²) in [5.41, 5.74) is 0.231. The van der Waals surface area contributed by atoms with Crippen LogP contribution in [0.3, 0.4) is 0 Å². The van der Waals surface area contributed by atoms with Crippen LogP contribution in [0.1, 0.15) is 5.56 Å². The maximum atomic E-state index is 13.1. The molecule has 2 aliphatic rings. The van der Waals surface area contributed by atoms with Crippen molar-refractivity contribution in [1.82, 2.24) is 9.21 Å². The first kappa shape index (κ1) is 21.6. The molecule has 1 saturated heterocycles. The molecule has 2 N–H and O–H groups in total. The summed E-state index contributed by atoms with van der Waals surface area (Å²) in [5, 5.41) is 20.0. The van der Waals surface area contributed by atoms with Crippen LogP contribution in [0.25, 0.3) is 11.0 Å². The highest BCUT2D eigenvalue weighted by atomic mass is 32.2. The van der Waals surface area contributed by atoms with Gasteiger partial charge in [0.25, 0.3) is 0 Å². The van der Waals surface area contributed by atoms with Gasteiger partial charge in [-0.3, -0.25) is 4.90 Å². The highest BCUT2D eigenvalue weighted by Gasteiger charge is 2.30. The quantitative estimate of drug-likeness (QED) is 0.427. The van der Waals surface area contributed by atoms with Gasteiger partial charge in [0.2, 0.25) is 10.0 Å². The molecule has 0 unspecified atom stereocenters. The van der Waals surface area contributed by atoms with Gasteiger partial charge in [0.05, 0.1) is 4.90 Å². The number of fused-ring (bicyclic) bond motifs is 2. The molecule has 0 saturated carbocycles. The Morgan fingerprint density at radius 3 is 2.33 bits per heavy atom. The fourth-order valence-electron chi connectivity index (χ4n) is 4.08. The molecule has 0 spiro atoms. The van der Waals surface area contributed by atoms with Gasteiger partial charge in [0.1, 0.15) is 18.8 Å². The minimum atomic E-state index is -3.70. The molecule has 10 nitrogen and oxygen atoms in total. The lowest BCUT2D eigenvalue weighted by Gasteiger charge is -2.34. The first-order valence-corrected chi connectivity index (χ1v) is 11.9. The molecule has 5 rings (SSSR count). The van der Waals surface area contributed by atoms with Gasteiger partial charge in [-0.25, -0.2) is 13.2 Å². The molecule has 2 aromatic carbocycles. The second-order valence-corrected chi connectivity index (χ2v) is 9.85. The van der Waals surface area contributed by atoms with Crippen LogP contribution in [0.4, 0.5) is 0 Å². The molecule has 1 fully saturated rings. The largest absolute Gasteiger partial charge is 0.504 e. The fraction of sp³-hybridized carbons (Fsp3) is 0.318. The van der Waals surface area contributed by atoms with Gasteiger partial charge in [-0.1, -0.05) is 0 Å². The zero-order chi connectivity index (χ0) is 23.2. The minimum Gasteiger partial charge on any atom is -0.504 e. The summed E-state index contributed by atoms with van der Waals surface area (Å²) < 4.78 is 43.8. The molecule has 3 heterocycles. The molecule has 0 amide bonds. The Bertz CT molecular complexity index is 1380. The zero-order valence-corrected chi connectivity index (χ0v) is 18.4. The van der Waals surface area contributed by atoms with E-state index < -0.39 is 15.6 Å². The van der Waals surface area contributed by atoms with Gasteiger partial charge in [-0.15, -0.1) is 0 Å². The Kier molecular flexibility index (Phi) is 5.39. The molecular formula is C22H22N2O8S. The molecule has 0 bridgehead atoms. The number of phenols is 2. The maximum absolute atomic E-state index is 13.1. The summed E-state index contributed by atoms with van der Waals surface area (Å²) in [7, 11) is -3.70. The van der Waals surface area contributed by atoms with E-state index in [4.69, 9.17) is 13.9 Å². The van der Waals surface area contributed by atoms with Crippen molar-refractivity contribution in [1.29, 1.82) is 0 Å². The van der Waals surface area contributed by atoms with E-state index in [1.807, 2.05) is 4.90 Å². The van der Waals surface area contributed by atoms with Gasteiger partial charge in [0.15, 0.2) is 23.0 Å². The van der Waals surface area contributed by atoms with Crippen molar-refractivity contribution in [3.8, 4) is 23.0 Å². The van der Waals surface area contributed by atoms with Gasteiger partial charge in [0, 0.05) is 56.3 Å². The average molecular weight is 474 g/mol. The van der Waals surface area contributed by atoms with Crippen molar-refractivity contribution in [3.05, 3.63) is 52.4 Å². The Balaban J connectivity index is 1.32. The number of hydrogen-bond acceptors (Lipinski definition) is 9. The van der Waals surface area contributed by atoms with Crippen LogP contribution < -0.4 is 15.1 Å². The van der Waals surface area contributed by atoms with E-state index in [0.717, 1.165) is 0 Å². The third kappa shape index (κ3) is 4.10. The first-order valence-electron chi connectivity index (χ1n) is 10.4. The molecule has 3 aromatic rings. The summed E-state index contributed by atoms with van der Waals surface area (Å²) in [6.07, 6.45) is 0. The van der Waals surface area contributed by atoms with Gasteiger partial charge in [-0.05, 0) is 23.8 Å². The number of nitrogens with zero attached hydrogens (tertiary/aromatic N) is 2. The van der Waals surface area contributed by atoms with E-state index in [2.05, 4.69) is 0 Å². The fourth-order valence-corrected chi connectivity index (χ4v) is 5.52. The molecular weight excluding hydrogens is 452 g/mol. The maximum Gasteiger partial charge on any atom is 0.336 e. The standard InChI is InChI=1S/C22H22N2O8S/c25-17-11-16-14(9-22(27)32-20(16)12-18(17)26)13-23-3-5-24(6-4-23)33(28,29)15-1-2-19-21(10-15)31-8-7-30-19/h1-2,9-12,25-26H,3-8,13H2. The predicted molar refractivity (Wildman–Crippen MR) is 117 cm³/mol.